The van der Waals surface area contributed by atoms with Gasteiger partial charge in [-0.1, -0.05) is 0 Å². The Morgan fingerprint density at radius 2 is 1.73 bits per heavy atom. The van der Waals surface area contributed by atoms with E-state index in [4.69, 9.17) is 14.2 Å². The number of hydrogen-bond acceptors (Lipinski definition) is 5. The van der Waals surface area contributed by atoms with Crippen molar-refractivity contribution in [3.63, 3.8) is 0 Å². The first-order chi connectivity index (χ1) is 10.2. The molecule has 1 aliphatic heterocycles. The number of likely N-dealkylation sites (tertiary alicyclic amines) is 1. The second-order valence-electron chi connectivity index (χ2n) is 5.47. The molecule has 1 heterocycles. The Labute approximate surface area is 139 Å². The fourth-order valence-corrected chi connectivity index (χ4v) is 2.97. The summed E-state index contributed by atoms with van der Waals surface area (Å²) < 4.78 is 16.2. The molecule has 0 aliphatic carbocycles. The van der Waals surface area contributed by atoms with Crippen molar-refractivity contribution in [2.75, 3.05) is 48.0 Å². The summed E-state index contributed by atoms with van der Waals surface area (Å²) in [6.45, 7) is 4.21. The number of nitrogens with zero attached hydrogens (tertiary/aromatic N) is 1. The van der Waals surface area contributed by atoms with E-state index in [-0.39, 0.29) is 12.4 Å². The Balaban J connectivity index is 0.00000242. The minimum atomic E-state index is 0. The molecule has 1 N–H and O–H groups in total. The van der Waals surface area contributed by atoms with Crippen molar-refractivity contribution in [3.05, 3.63) is 17.7 Å². The van der Waals surface area contributed by atoms with Crippen LogP contribution in [0.1, 0.15) is 12.0 Å². The summed E-state index contributed by atoms with van der Waals surface area (Å²) in [6.07, 6.45) is 1.25. The predicted octanol–water partition coefficient (Wildman–Crippen LogP) is 2.18. The van der Waals surface area contributed by atoms with E-state index in [2.05, 4.69) is 10.2 Å². The summed E-state index contributed by atoms with van der Waals surface area (Å²) in [6, 6.07) is 3.92. The van der Waals surface area contributed by atoms with E-state index >= 15 is 0 Å². The fourth-order valence-electron chi connectivity index (χ4n) is 2.97. The topological polar surface area (TPSA) is 43.0 Å². The first-order valence-electron chi connectivity index (χ1n) is 7.37. The van der Waals surface area contributed by atoms with Crippen LogP contribution in [0.25, 0.3) is 0 Å². The number of methoxy groups -OCH3 is 3. The predicted molar refractivity (Wildman–Crippen MR) is 90.7 cm³/mol. The molecule has 0 radical (unpaired) electrons. The maximum Gasteiger partial charge on any atom is 0.164 e. The van der Waals surface area contributed by atoms with Crippen molar-refractivity contribution in [1.82, 2.24) is 10.2 Å². The van der Waals surface area contributed by atoms with E-state index in [1.54, 1.807) is 21.3 Å². The van der Waals surface area contributed by atoms with Crippen molar-refractivity contribution in [3.8, 4) is 17.2 Å². The number of halogens is 1. The average molecular weight is 331 g/mol. The minimum absolute atomic E-state index is 0. The normalized spacial score (nSPS) is 17.9. The maximum atomic E-state index is 5.50. The molecule has 0 saturated carbocycles. The molecule has 1 aromatic carbocycles. The van der Waals surface area contributed by atoms with Gasteiger partial charge in [-0.3, -0.25) is 4.90 Å². The molecular weight excluding hydrogens is 304 g/mol. The van der Waals surface area contributed by atoms with Gasteiger partial charge >= 0.3 is 0 Å². The van der Waals surface area contributed by atoms with Gasteiger partial charge in [0.15, 0.2) is 11.5 Å². The Hall–Kier alpha value is -1.17. The molecular formula is C16H27ClN2O3. The van der Waals surface area contributed by atoms with Gasteiger partial charge < -0.3 is 19.5 Å². The molecule has 5 nitrogen and oxygen atoms in total. The van der Waals surface area contributed by atoms with Gasteiger partial charge in [0.25, 0.3) is 0 Å². The lowest BCUT2D eigenvalue weighted by Gasteiger charge is -2.19. The Morgan fingerprint density at radius 3 is 2.32 bits per heavy atom. The number of rotatable bonds is 7. The third-order valence-corrected chi connectivity index (χ3v) is 4.04. The van der Waals surface area contributed by atoms with Crippen LogP contribution in [0.3, 0.4) is 0 Å². The Bertz CT molecular complexity index is 471. The summed E-state index contributed by atoms with van der Waals surface area (Å²) in [5, 5.41) is 3.26. The van der Waals surface area contributed by atoms with Gasteiger partial charge in [0.2, 0.25) is 0 Å². The van der Waals surface area contributed by atoms with Crippen LogP contribution in [0, 0.1) is 5.92 Å². The number of benzene rings is 1. The van der Waals surface area contributed by atoms with Crippen molar-refractivity contribution >= 4 is 12.4 Å². The molecule has 0 aromatic heterocycles. The zero-order chi connectivity index (χ0) is 15.2. The van der Waals surface area contributed by atoms with Crippen LogP contribution in [0.2, 0.25) is 0 Å². The van der Waals surface area contributed by atoms with Gasteiger partial charge in [0.05, 0.1) is 21.3 Å². The van der Waals surface area contributed by atoms with Crippen molar-refractivity contribution < 1.29 is 14.2 Å². The van der Waals surface area contributed by atoms with Gasteiger partial charge in [-0.15, -0.1) is 12.4 Å². The van der Waals surface area contributed by atoms with E-state index in [1.807, 2.05) is 19.2 Å². The molecule has 22 heavy (non-hydrogen) atoms. The standard InChI is InChI=1S/C16H26N2O3.ClH/c1-17-9-12-5-6-18(10-12)11-13-7-15(20-3)16(21-4)8-14(13)19-2;/h7-8,12,17H,5-6,9-11H2,1-4H3;1H. The number of hydrogen-bond donors (Lipinski definition) is 1. The first-order valence-corrected chi connectivity index (χ1v) is 7.37. The summed E-state index contributed by atoms with van der Waals surface area (Å²) in [4.78, 5) is 2.46. The van der Waals surface area contributed by atoms with E-state index in [0.717, 1.165) is 49.2 Å². The quantitative estimate of drug-likeness (QED) is 0.830. The molecule has 1 aliphatic rings. The molecule has 0 spiro atoms. The summed E-state index contributed by atoms with van der Waals surface area (Å²) in [5.74, 6) is 3.04. The molecule has 1 saturated heterocycles. The number of ether oxygens (including phenoxy) is 3. The van der Waals surface area contributed by atoms with E-state index in [0.29, 0.717) is 5.75 Å². The highest BCUT2D eigenvalue weighted by atomic mass is 35.5. The van der Waals surface area contributed by atoms with Crippen LogP contribution in [0.15, 0.2) is 12.1 Å². The lowest BCUT2D eigenvalue weighted by atomic mass is 10.1. The second-order valence-corrected chi connectivity index (χ2v) is 5.47. The van der Waals surface area contributed by atoms with Gasteiger partial charge in [0.1, 0.15) is 5.75 Å². The third kappa shape index (κ3) is 4.41. The largest absolute Gasteiger partial charge is 0.496 e. The third-order valence-electron chi connectivity index (χ3n) is 4.04. The molecule has 6 heteroatoms. The van der Waals surface area contributed by atoms with Gasteiger partial charge in [-0.25, -0.2) is 0 Å². The van der Waals surface area contributed by atoms with Crippen LogP contribution >= 0.6 is 12.4 Å². The highest BCUT2D eigenvalue weighted by Crippen LogP contribution is 2.35. The molecule has 1 atom stereocenters. The van der Waals surface area contributed by atoms with E-state index in [9.17, 15) is 0 Å². The summed E-state index contributed by atoms with van der Waals surface area (Å²) >= 11 is 0. The maximum absolute atomic E-state index is 5.50. The summed E-state index contributed by atoms with van der Waals surface area (Å²) in [7, 11) is 7.01. The van der Waals surface area contributed by atoms with Gasteiger partial charge in [-0.05, 0) is 38.5 Å². The molecule has 0 amide bonds. The average Bonchev–Trinajstić information content (AvgIpc) is 2.94. The van der Waals surface area contributed by atoms with Crippen molar-refractivity contribution in [2.45, 2.75) is 13.0 Å². The fraction of sp³-hybridized carbons (Fsp3) is 0.625. The van der Waals surface area contributed by atoms with E-state index in [1.165, 1.54) is 6.42 Å². The van der Waals surface area contributed by atoms with Gasteiger partial charge in [0, 0.05) is 24.7 Å². The van der Waals surface area contributed by atoms with Crippen LogP contribution in [-0.2, 0) is 6.54 Å². The van der Waals surface area contributed by atoms with Crippen molar-refractivity contribution in [1.29, 1.82) is 0 Å². The van der Waals surface area contributed by atoms with Crippen LogP contribution in [0.4, 0.5) is 0 Å². The highest BCUT2D eigenvalue weighted by Gasteiger charge is 2.23. The monoisotopic (exact) mass is 330 g/mol. The first kappa shape index (κ1) is 18.9. The lowest BCUT2D eigenvalue weighted by molar-refractivity contribution is 0.303. The van der Waals surface area contributed by atoms with E-state index < -0.39 is 0 Å². The SMILES string of the molecule is CNCC1CCN(Cc2cc(OC)c(OC)cc2OC)C1.Cl. The molecule has 0 bridgehead atoms. The van der Waals surface area contributed by atoms with Crippen molar-refractivity contribution in [2.24, 2.45) is 5.92 Å². The zero-order valence-corrected chi connectivity index (χ0v) is 14.7. The lowest BCUT2D eigenvalue weighted by Crippen LogP contribution is -2.24. The van der Waals surface area contributed by atoms with Crippen LogP contribution < -0.4 is 19.5 Å². The van der Waals surface area contributed by atoms with Crippen LogP contribution in [-0.4, -0.2) is 52.9 Å². The van der Waals surface area contributed by atoms with Gasteiger partial charge in [-0.2, -0.15) is 0 Å². The minimum Gasteiger partial charge on any atom is -0.496 e. The molecule has 1 aromatic rings. The van der Waals surface area contributed by atoms with Crippen LogP contribution in [0.5, 0.6) is 17.2 Å². The molecule has 1 fully saturated rings. The molecule has 1 unspecified atom stereocenters. The Morgan fingerprint density at radius 1 is 1.09 bits per heavy atom. The Kier molecular flexibility index (Phi) is 7.79. The summed E-state index contributed by atoms with van der Waals surface area (Å²) in [5.41, 5.74) is 1.14. The number of nitrogens with one attached hydrogen (secondary N) is 1. The molecule has 126 valence electrons. The highest BCUT2D eigenvalue weighted by molar-refractivity contribution is 5.85. The zero-order valence-electron chi connectivity index (χ0n) is 13.8. The molecule has 2 rings (SSSR count). The second kappa shape index (κ2) is 9.08. The smallest absolute Gasteiger partial charge is 0.164 e.